The van der Waals surface area contributed by atoms with Gasteiger partial charge in [-0.15, -0.1) is 0 Å². The van der Waals surface area contributed by atoms with Crippen LogP contribution in [0.5, 0.6) is 0 Å². The number of aliphatic hydroxyl groups excluding tert-OH is 6. The van der Waals surface area contributed by atoms with Crippen LogP contribution in [0.4, 0.5) is 0 Å². The highest BCUT2D eigenvalue weighted by molar-refractivity contribution is 5.87. The molecule has 7 fully saturated rings. The molecule has 1 aromatic carbocycles. The largest absolute Gasteiger partial charge is 0.458 e. The number of rotatable bonds is 16. The number of aliphatic hydroxyl groups is 9. The first kappa shape index (κ1) is 60.9. The van der Waals surface area contributed by atoms with Gasteiger partial charge in [0.1, 0.15) is 77.8 Å². The Morgan fingerprint density at radius 1 is 0.722 bits per heavy atom. The van der Waals surface area contributed by atoms with E-state index < -0.39 is 169 Å². The molecule has 4 saturated heterocycles. The average molecular weight is 1120 g/mol. The number of methoxy groups -OCH3 is 3. The van der Waals surface area contributed by atoms with Crippen molar-refractivity contribution in [1.29, 1.82) is 0 Å². The lowest BCUT2D eigenvalue weighted by Gasteiger charge is -2.67. The first-order valence-electron chi connectivity index (χ1n) is 28.0. The van der Waals surface area contributed by atoms with Crippen LogP contribution in [-0.2, 0) is 61.6 Å². The van der Waals surface area contributed by atoms with E-state index in [1.54, 1.807) is 34.0 Å². The predicted molar refractivity (Wildman–Crippen MR) is 276 cm³/mol. The van der Waals surface area contributed by atoms with E-state index in [4.69, 9.17) is 56.8 Å². The molecule has 0 aromatic heterocycles. The fraction of sp³-hybridized carbons (Fsp3) is 0.807. The van der Waals surface area contributed by atoms with E-state index in [1.807, 2.05) is 43.3 Å². The third kappa shape index (κ3) is 10.7. The molecule has 8 aliphatic rings. The van der Waals surface area contributed by atoms with Gasteiger partial charge in [0.2, 0.25) is 0 Å². The van der Waals surface area contributed by atoms with Crippen LogP contribution in [0.25, 0.3) is 6.08 Å². The summed E-state index contributed by atoms with van der Waals surface area (Å²) < 4.78 is 74.2. The zero-order valence-corrected chi connectivity index (χ0v) is 46.7. The summed E-state index contributed by atoms with van der Waals surface area (Å²) in [6.07, 6.45) is -13.5. The van der Waals surface area contributed by atoms with Crippen LogP contribution in [0, 0.1) is 16.7 Å². The van der Waals surface area contributed by atoms with Gasteiger partial charge in [0, 0.05) is 46.2 Å². The number of carbonyl (C=O) groups excluding carboxylic acids is 1. The Morgan fingerprint density at radius 3 is 1.95 bits per heavy atom. The second kappa shape index (κ2) is 23.8. The van der Waals surface area contributed by atoms with E-state index in [0.29, 0.717) is 25.7 Å². The summed E-state index contributed by atoms with van der Waals surface area (Å²) in [5, 5.41) is 102. The van der Waals surface area contributed by atoms with Gasteiger partial charge in [-0.05, 0) is 89.7 Å². The maximum absolute atomic E-state index is 13.6. The van der Waals surface area contributed by atoms with Crippen molar-refractivity contribution in [3.05, 3.63) is 53.6 Å². The van der Waals surface area contributed by atoms with Gasteiger partial charge in [0.05, 0.1) is 54.7 Å². The molecule has 22 heteroatoms. The summed E-state index contributed by atoms with van der Waals surface area (Å²) in [7, 11) is 4.50. The highest BCUT2D eigenvalue weighted by Crippen LogP contribution is 2.71. The van der Waals surface area contributed by atoms with Crippen LogP contribution in [0.1, 0.15) is 105 Å². The molecular weight excluding hydrogens is 1040 g/mol. The zero-order chi connectivity index (χ0) is 57.1. The molecule has 9 rings (SSSR count). The summed E-state index contributed by atoms with van der Waals surface area (Å²) in [6.45, 7) is 9.87. The van der Waals surface area contributed by atoms with E-state index >= 15 is 0 Å². The molecule has 0 bridgehead atoms. The first-order valence-corrected chi connectivity index (χ1v) is 28.0. The van der Waals surface area contributed by atoms with Crippen molar-refractivity contribution in [2.45, 2.75) is 245 Å². The van der Waals surface area contributed by atoms with Crippen LogP contribution >= 0.6 is 0 Å². The quantitative estimate of drug-likeness (QED) is 0.0640. The molecule has 4 heterocycles. The van der Waals surface area contributed by atoms with E-state index in [0.717, 1.165) is 11.1 Å². The Bertz CT molecular complexity index is 2290. The molecule has 4 aliphatic carbocycles. The van der Waals surface area contributed by atoms with Gasteiger partial charge in [-0.1, -0.05) is 55.8 Å². The molecule has 0 radical (unpaired) electrons. The van der Waals surface area contributed by atoms with Crippen LogP contribution in [0.3, 0.4) is 0 Å². The molecule has 3 saturated carbocycles. The third-order valence-corrected chi connectivity index (χ3v) is 19.7. The Labute approximate surface area is 461 Å². The van der Waals surface area contributed by atoms with E-state index in [2.05, 4.69) is 6.92 Å². The number of benzene rings is 1. The molecule has 9 N–H and O–H groups in total. The number of hydrogen-bond donors (Lipinski definition) is 9. The molecule has 79 heavy (non-hydrogen) atoms. The van der Waals surface area contributed by atoms with Gasteiger partial charge >= 0.3 is 5.97 Å². The number of carbonyl (C=O) groups is 1. The maximum Gasteiger partial charge on any atom is 0.331 e. The molecule has 4 aliphatic heterocycles. The normalized spacial score (nSPS) is 49.5. The number of ether oxygens (including phenoxy) is 12. The summed E-state index contributed by atoms with van der Waals surface area (Å²) in [5.74, 6) is -1.24. The van der Waals surface area contributed by atoms with Gasteiger partial charge in [-0.25, -0.2) is 4.79 Å². The lowest BCUT2D eigenvalue weighted by molar-refractivity contribution is -0.373. The van der Waals surface area contributed by atoms with Crippen molar-refractivity contribution in [1.82, 2.24) is 0 Å². The van der Waals surface area contributed by atoms with E-state index in [9.17, 15) is 50.8 Å². The van der Waals surface area contributed by atoms with Crippen LogP contribution in [0.2, 0.25) is 0 Å². The molecule has 0 spiro atoms. The zero-order valence-electron chi connectivity index (χ0n) is 46.7. The van der Waals surface area contributed by atoms with Gasteiger partial charge < -0.3 is 103 Å². The molecule has 0 amide bonds. The average Bonchev–Trinajstić information content (AvgIpc) is 3.24. The van der Waals surface area contributed by atoms with Gasteiger partial charge in [-0.2, -0.15) is 0 Å². The van der Waals surface area contributed by atoms with Crippen LogP contribution < -0.4 is 0 Å². The summed E-state index contributed by atoms with van der Waals surface area (Å²) >= 11 is 0. The van der Waals surface area contributed by atoms with Crippen LogP contribution in [0.15, 0.2) is 48.1 Å². The lowest BCUT2D eigenvalue weighted by Crippen LogP contribution is -2.78. The van der Waals surface area contributed by atoms with Gasteiger partial charge in [-0.3, -0.25) is 0 Å². The highest BCUT2D eigenvalue weighted by atomic mass is 16.8. The Kier molecular flexibility index (Phi) is 18.4. The van der Waals surface area contributed by atoms with Crippen molar-refractivity contribution in [2.75, 3.05) is 27.9 Å². The van der Waals surface area contributed by atoms with Crippen molar-refractivity contribution in [3.63, 3.8) is 0 Å². The summed E-state index contributed by atoms with van der Waals surface area (Å²) in [6, 6.07) is 9.29. The fourth-order valence-corrected chi connectivity index (χ4v) is 15.0. The number of esters is 1. The molecule has 1 aromatic rings. The number of hydrogen-bond acceptors (Lipinski definition) is 22. The monoisotopic (exact) mass is 1120 g/mol. The third-order valence-electron chi connectivity index (χ3n) is 19.7. The van der Waals surface area contributed by atoms with Gasteiger partial charge in [0.25, 0.3) is 0 Å². The Morgan fingerprint density at radius 2 is 1.33 bits per heavy atom. The minimum absolute atomic E-state index is 0.00648. The molecule has 22 nitrogen and oxygen atoms in total. The molecule has 2 unspecified atom stereocenters. The molecule has 446 valence electrons. The first-order chi connectivity index (χ1) is 37.4. The SMILES string of the molecule is CO[C@H]1[C@@H](O)[C@H](O[C@@H]2[C@@H](C)O[C@@H](O[C@H]3[C@@H](OC)C[C@H](O[C@H]4CC[C@@]5(C)C(=CC[C@]6(O)[C@@H]5CC(OC(=O)/C=C/c5ccccc5)[C@@]5(C)[C@]6(O)CC[C@]5(O)C(C)O)C4)O[C@@H]3C)C[C@H]2OC)O[C@H](C)[C@H]1O[C@@H]1O[C@H](CO)[C@@H](O)[C@H](O)[C@H]1O. The lowest BCUT2D eigenvalue weighted by atomic mass is 9.42. The maximum atomic E-state index is 13.6. The topological polar surface area (TPSA) is 310 Å². The van der Waals surface area contributed by atoms with Crippen molar-refractivity contribution in [3.8, 4) is 0 Å². The van der Waals surface area contributed by atoms with Crippen molar-refractivity contribution in [2.24, 2.45) is 16.7 Å². The minimum Gasteiger partial charge on any atom is -0.458 e. The van der Waals surface area contributed by atoms with E-state index in [-0.39, 0.29) is 38.2 Å². The van der Waals surface area contributed by atoms with Crippen molar-refractivity contribution >= 4 is 12.0 Å². The molecular formula is C57H86O22. The van der Waals surface area contributed by atoms with Gasteiger partial charge in [0.15, 0.2) is 25.2 Å². The minimum atomic E-state index is -1.93. The Balaban J connectivity index is 0.815. The highest BCUT2D eigenvalue weighted by Gasteiger charge is 2.81. The molecule has 27 atom stereocenters. The fourth-order valence-electron chi connectivity index (χ4n) is 15.0. The number of fused-ring (bicyclic) bond motifs is 5. The van der Waals surface area contributed by atoms with Crippen LogP contribution in [-0.4, -0.2) is 226 Å². The second-order valence-electron chi connectivity index (χ2n) is 23.9. The predicted octanol–water partition coefficient (Wildman–Crippen LogP) is 1.29. The standard InChI is InChI=1S/C57H86O22/c1-28-47(77-42-25-36(69-8)48(29(2)72-42)78-52-46(64)50(70-9)49(30(3)73-52)79-51-45(63)44(62)43(61)37(27-58)75-51)35(68-7)24-41(71-28)74-34-18-19-53(5)33(23-34)17-20-56(66)38(53)26-39(76-40(60)16-15-32-13-11-10-12-14-32)54(6)55(65,31(4)59)21-22-57(54,56)67/h10-17,28-31,34-39,41-52,58-59,61-67H,18-27H2,1-9H3/b16-15+/t28-,29-,30-,31?,34+,35+,36-,37-,38-,39?,41+,42+,43-,44+,45-,46-,47-,48-,49-,50+,51+,52+,53+,54-,55+,56+,57-/m1/s1. The Hall–Kier alpha value is -2.63. The van der Waals surface area contributed by atoms with E-state index in [1.165, 1.54) is 27.2 Å². The summed E-state index contributed by atoms with van der Waals surface area (Å²) in [4.78, 5) is 13.6. The van der Waals surface area contributed by atoms with Crippen molar-refractivity contribution < 1.29 is 108 Å². The summed E-state index contributed by atoms with van der Waals surface area (Å²) in [5.41, 5.74) is -5.97. The smallest absolute Gasteiger partial charge is 0.331 e. The second-order valence-corrected chi connectivity index (χ2v) is 23.9.